The topological polar surface area (TPSA) is 101 Å². The highest BCUT2D eigenvalue weighted by atomic mass is 16.6. The number of rotatable bonds is 6. The molecule has 0 radical (unpaired) electrons. The van der Waals surface area contributed by atoms with Crippen LogP contribution in [0.5, 0.6) is 0 Å². The highest BCUT2D eigenvalue weighted by Crippen LogP contribution is 2.31. The van der Waals surface area contributed by atoms with Gasteiger partial charge in [-0.25, -0.2) is 14.5 Å². The van der Waals surface area contributed by atoms with E-state index in [0.717, 1.165) is 12.8 Å². The minimum absolute atomic E-state index is 0.0996. The van der Waals surface area contributed by atoms with E-state index in [1.54, 1.807) is 17.8 Å². The van der Waals surface area contributed by atoms with Crippen LogP contribution in [-0.4, -0.2) is 46.7 Å². The molecular weight excluding hydrogens is 336 g/mol. The highest BCUT2D eigenvalue weighted by molar-refractivity contribution is 6.04. The minimum Gasteiger partial charge on any atom is -0.458 e. The van der Waals surface area contributed by atoms with Crippen molar-refractivity contribution in [2.75, 3.05) is 25.6 Å². The van der Waals surface area contributed by atoms with Gasteiger partial charge in [0.15, 0.2) is 11.9 Å². The van der Waals surface area contributed by atoms with Gasteiger partial charge in [-0.3, -0.25) is 0 Å². The van der Waals surface area contributed by atoms with Gasteiger partial charge in [-0.1, -0.05) is 26.0 Å². The molecule has 2 aromatic rings. The van der Waals surface area contributed by atoms with Gasteiger partial charge in [0.1, 0.15) is 18.3 Å². The van der Waals surface area contributed by atoms with Gasteiger partial charge < -0.3 is 19.9 Å². The van der Waals surface area contributed by atoms with Crippen LogP contribution >= 0.6 is 0 Å². The summed E-state index contributed by atoms with van der Waals surface area (Å²) in [6.07, 6.45) is 4.46. The van der Waals surface area contributed by atoms with Gasteiger partial charge in [0.2, 0.25) is 0 Å². The van der Waals surface area contributed by atoms with E-state index in [1.165, 1.54) is 6.08 Å². The van der Waals surface area contributed by atoms with Crippen molar-refractivity contribution in [2.45, 2.75) is 39.0 Å². The molecule has 1 aliphatic rings. The Morgan fingerprint density at radius 2 is 2.27 bits per heavy atom. The fourth-order valence-electron chi connectivity index (χ4n) is 3.15. The first-order valence-corrected chi connectivity index (χ1v) is 8.73. The molecule has 0 aliphatic carbocycles. The zero-order valence-electron chi connectivity index (χ0n) is 15.1. The lowest BCUT2D eigenvalue weighted by Gasteiger charge is -2.32. The molecule has 1 saturated heterocycles. The van der Waals surface area contributed by atoms with Crippen molar-refractivity contribution in [3.05, 3.63) is 30.1 Å². The number of aromatic nitrogens is 3. The Labute approximate surface area is 151 Å². The van der Waals surface area contributed by atoms with Crippen LogP contribution in [0.2, 0.25) is 0 Å². The van der Waals surface area contributed by atoms with E-state index in [2.05, 4.69) is 23.6 Å². The van der Waals surface area contributed by atoms with Crippen LogP contribution in [0.25, 0.3) is 11.0 Å². The summed E-state index contributed by atoms with van der Waals surface area (Å²) in [5.74, 6) is -0.525. The SMILES string of the molecule is C=CCOC(=O)c1c(C)nc2c(cnn2C2OCCOC2CCC)c1N. The van der Waals surface area contributed by atoms with E-state index < -0.39 is 5.97 Å². The van der Waals surface area contributed by atoms with Gasteiger partial charge in [0.25, 0.3) is 0 Å². The summed E-state index contributed by atoms with van der Waals surface area (Å²) >= 11 is 0. The number of fused-ring (bicyclic) bond motifs is 1. The second kappa shape index (κ2) is 7.84. The van der Waals surface area contributed by atoms with Gasteiger partial charge in [-0.15, -0.1) is 0 Å². The monoisotopic (exact) mass is 360 g/mol. The average Bonchev–Trinajstić information content (AvgIpc) is 3.04. The van der Waals surface area contributed by atoms with Crippen molar-refractivity contribution >= 4 is 22.7 Å². The van der Waals surface area contributed by atoms with Crippen LogP contribution in [0.3, 0.4) is 0 Å². The van der Waals surface area contributed by atoms with E-state index in [1.807, 2.05) is 0 Å². The summed E-state index contributed by atoms with van der Waals surface area (Å²) in [5, 5.41) is 5.01. The number of hydrogen-bond acceptors (Lipinski definition) is 7. The number of esters is 1. The molecule has 140 valence electrons. The number of anilines is 1. The van der Waals surface area contributed by atoms with E-state index in [4.69, 9.17) is 19.9 Å². The molecule has 26 heavy (non-hydrogen) atoms. The zero-order valence-corrected chi connectivity index (χ0v) is 15.1. The van der Waals surface area contributed by atoms with Crippen molar-refractivity contribution in [3.63, 3.8) is 0 Å². The molecule has 1 aliphatic heterocycles. The molecule has 1 fully saturated rings. The van der Waals surface area contributed by atoms with Crippen molar-refractivity contribution < 1.29 is 19.0 Å². The van der Waals surface area contributed by atoms with Crippen LogP contribution in [0.15, 0.2) is 18.9 Å². The maximum atomic E-state index is 12.3. The Morgan fingerprint density at radius 1 is 1.50 bits per heavy atom. The number of carbonyl (C=O) groups is 1. The Balaban J connectivity index is 2.02. The number of carbonyl (C=O) groups excluding carboxylic acids is 1. The van der Waals surface area contributed by atoms with Crippen LogP contribution in [0.4, 0.5) is 5.69 Å². The number of nitrogen functional groups attached to an aromatic ring is 1. The van der Waals surface area contributed by atoms with Crippen LogP contribution in [-0.2, 0) is 14.2 Å². The third kappa shape index (κ3) is 3.30. The Bertz CT molecular complexity index is 815. The number of hydrogen-bond donors (Lipinski definition) is 1. The largest absolute Gasteiger partial charge is 0.458 e. The number of nitrogens with two attached hydrogens (primary N) is 1. The summed E-state index contributed by atoms with van der Waals surface area (Å²) in [4.78, 5) is 16.8. The van der Waals surface area contributed by atoms with E-state index in [0.29, 0.717) is 35.6 Å². The van der Waals surface area contributed by atoms with E-state index in [9.17, 15) is 4.79 Å². The third-order valence-electron chi connectivity index (χ3n) is 4.34. The average molecular weight is 360 g/mol. The Hall–Kier alpha value is -2.45. The molecule has 0 amide bonds. The number of ether oxygens (including phenoxy) is 3. The lowest BCUT2D eigenvalue weighted by molar-refractivity contribution is -0.176. The maximum Gasteiger partial charge on any atom is 0.342 e. The predicted molar refractivity (Wildman–Crippen MR) is 96.8 cm³/mol. The lowest BCUT2D eigenvalue weighted by atomic mass is 10.1. The second-order valence-corrected chi connectivity index (χ2v) is 6.16. The molecule has 2 unspecified atom stereocenters. The summed E-state index contributed by atoms with van der Waals surface area (Å²) in [5.41, 5.74) is 7.84. The molecule has 2 aromatic heterocycles. The molecular formula is C18H24N4O4. The molecule has 3 heterocycles. The van der Waals surface area contributed by atoms with Crippen molar-refractivity contribution in [1.82, 2.24) is 14.8 Å². The number of aryl methyl sites for hydroxylation is 1. The molecule has 0 aromatic carbocycles. The van der Waals surface area contributed by atoms with Crippen LogP contribution in [0.1, 0.15) is 42.0 Å². The van der Waals surface area contributed by atoms with Crippen LogP contribution in [0, 0.1) is 6.92 Å². The molecule has 0 saturated carbocycles. The van der Waals surface area contributed by atoms with Gasteiger partial charge in [-0.2, -0.15) is 5.10 Å². The van der Waals surface area contributed by atoms with Crippen molar-refractivity contribution in [2.24, 2.45) is 0 Å². The molecule has 0 bridgehead atoms. The molecule has 2 N–H and O–H groups in total. The fourth-order valence-corrected chi connectivity index (χ4v) is 3.15. The van der Waals surface area contributed by atoms with Gasteiger partial charge in [-0.05, 0) is 13.3 Å². The normalized spacial score (nSPS) is 20.2. The molecule has 8 heteroatoms. The smallest absolute Gasteiger partial charge is 0.342 e. The van der Waals surface area contributed by atoms with Crippen LogP contribution < -0.4 is 5.73 Å². The predicted octanol–water partition coefficient (Wildman–Crippen LogP) is 2.38. The zero-order chi connectivity index (χ0) is 18.7. The fraction of sp³-hybridized carbons (Fsp3) is 0.500. The first-order valence-electron chi connectivity index (χ1n) is 8.73. The summed E-state index contributed by atoms with van der Waals surface area (Å²) in [6, 6.07) is 0. The van der Waals surface area contributed by atoms with E-state index >= 15 is 0 Å². The Kier molecular flexibility index (Phi) is 5.53. The molecule has 0 spiro atoms. The number of pyridine rings is 1. The lowest BCUT2D eigenvalue weighted by Crippen LogP contribution is -2.36. The minimum atomic E-state index is -0.525. The van der Waals surface area contributed by atoms with Gasteiger partial charge >= 0.3 is 5.97 Å². The maximum absolute atomic E-state index is 12.3. The number of nitrogens with zero attached hydrogens (tertiary/aromatic N) is 3. The molecule has 3 rings (SSSR count). The first-order chi connectivity index (χ1) is 12.6. The molecule has 8 nitrogen and oxygen atoms in total. The second-order valence-electron chi connectivity index (χ2n) is 6.16. The first kappa shape index (κ1) is 18.3. The van der Waals surface area contributed by atoms with E-state index in [-0.39, 0.29) is 24.5 Å². The van der Waals surface area contributed by atoms with Crippen molar-refractivity contribution in [1.29, 1.82) is 0 Å². The summed E-state index contributed by atoms with van der Waals surface area (Å²) in [7, 11) is 0. The van der Waals surface area contributed by atoms with Gasteiger partial charge in [0.05, 0.1) is 36.2 Å². The standard InChI is InChI=1S/C18H24N4O4/c1-4-6-13-17(25-9-8-24-13)22-16-12(10-20-22)15(19)14(11(3)21-16)18(23)26-7-5-2/h5,10,13,17H,2,4,6-9H2,1,3H3,(H2,19,21). The third-order valence-corrected chi connectivity index (χ3v) is 4.34. The Morgan fingerprint density at radius 3 is 3.00 bits per heavy atom. The quantitative estimate of drug-likeness (QED) is 0.623. The summed E-state index contributed by atoms with van der Waals surface area (Å²) in [6.45, 7) is 8.52. The summed E-state index contributed by atoms with van der Waals surface area (Å²) < 4.78 is 18.5. The van der Waals surface area contributed by atoms with Crippen molar-refractivity contribution in [3.8, 4) is 0 Å². The highest BCUT2D eigenvalue weighted by Gasteiger charge is 2.31. The van der Waals surface area contributed by atoms with Gasteiger partial charge in [0, 0.05) is 0 Å². The molecule has 2 atom stereocenters.